The van der Waals surface area contributed by atoms with Gasteiger partial charge in [0.15, 0.2) is 9.84 Å². The van der Waals surface area contributed by atoms with Crippen LogP contribution in [0.5, 0.6) is 0 Å². The lowest BCUT2D eigenvalue weighted by Crippen LogP contribution is -2.38. The molecule has 0 aliphatic carbocycles. The molecule has 2 rings (SSSR count). The molecule has 0 aromatic heterocycles. The van der Waals surface area contributed by atoms with E-state index in [2.05, 4.69) is 5.32 Å². The number of hydrogen-bond acceptors (Lipinski definition) is 4. The van der Waals surface area contributed by atoms with Crippen LogP contribution >= 0.6 is 23.2 Å². The molecule has 1 fully saturated rings. The molecule has 8 heteroatoms. The highest BCUT2D eigenvalue weighted by molar-refractivity contribution is 7.90. The summed E-state index contributed by atoms with van der Waals surface area (Å²) in [5.41, 5.74) is 0.149. The van der Waals surface area contributed by atoms with Crippen molar-refractivity contribution in [1.82, 2.24) is 10.2 Å². The topological polar surface area (TPSA) is 66.5 Å². The zero-order valence-corrected chi connectivity index (χ0v) is 14.0. The summed E-state index contributed by atoms with van der Waals surface area (Å²) in [6, 6.07) is 2.63. The normalized spacial score (nSPS) is 18.8. The largest absolute Gasteiger partial charge is 0.337 e. The Morgan fingerprint density at radius 3 is 2.52 bits per heavy atom. The molecule has 1 aromatic carbocycles. The van der Waals surface area contributed by atoms with Gasteiger partial charge in [-0.3, -0.25) is 4.79 Å². The maximum absolute atomic E-state index is 12.5. The quantitative estimate of drug-likeness (QED) is 0.902. The fourth-order valence-corrected chi connectivity index (χ4v) is 3.93. The van der Waals surface area contributed by atoms with Crippen molar-refractivity contribution in [3.8, 4) is 0 Å². The van der Waals surface area contributed by atoms with Crippen LogP contribution in [0.25, 0.3) is 0 Å². The van der Waals surface area contributed by atoms with Crippen LogP contribution in [0, 0.1) is 0 Å². The van der Waals surface area contributed by atoms with Gasteiger partial charge >= 0.3 is 0 Å². The summed E-state index contributed by atoms with van der Waals surface area (Å²) in [5.74, 6) is -0.310. The molecule has 21 heavy (non-hydrogen) atoms. The lowest BCUT2D eigenvalue weighted by molar-refractivity contribution is 0.0743. The fourth-order valence-electron chi connectivity index (χ4n) is 2.30. The third-order valence-corrected chi connectivity index (χ3v) is 5.43. The second kappa shape index (κ2) is 6.12. The molecule has 1 atom stereocenters. The van der Waals surface area contributed by atoms with Gasteiger partial charge in [0.2, 0.25) is 0 Å². The number of nitrogens with one attached hydrogen (secondary N) is 1. The van der Waals surface area contributed by atoms with Crippen molar-refractivity contribution in [2.24, 2.45) is 0 Å². The molecule has 0 saturated carbocycles. The van der Waals surface area contributed by atoms with Crippen LogP contribution in [-0.4, -0.2) is 51.7 Å². The summed E-state index contributed by atoms with van der Waals surface area (Å²) < 4.78 is 23.4. The maximum Gasteiger partial charge on any atom is 0.255 e. The number of hydrogen-bond donors (Lipinski definition) is 1. The van der Waals surface area contributed by atoms with Crippen molar-refractivity contribution in [2.75, 3.05) is 26.4 Å². The smallest absolute Gasteiger partial charge is 0.255 e. The highest BCUT2D eigenvalue weighted by atomic mass is 35.5. The molecule has 1 N–H and O–H groups in total. The molecule has 1 amide bonds. The number of nitrogens with zero attached hydrogens (tertiary/aromatic N) is 1. The average molecular weight is 351 g/mol. The van der Waals surface area contributed by atoms with E-state index in [1.54, 1.807) is 11.9 Å². The Bertz CT molecular complexity index is 670. The number of amides is 1. The van der Waals surface area contributed by atoms with E-state index >= 15 is 0 Å². The van der Waals surface area contributed by atoms with Crippen LogP contribution in [0.2, 0.25) is 10.0 Å². The zero-order valence-electron chi connectivity index (χ0n) is 11.7. The second-order valence-corrected chi connectivity index (χ2v) is 7.90. The van der Waals surface area contributed by atoms with E-state index in [9.17, 15) is 13.2 Å². The molecule has 1 aliphatic rings. The van der Waals surface area contributed by atoms with Gasteiger partial charge < -0.3 is 10.2 Å². The van der Waals surface area contributed by atoms with Crippen LogP contribution in [-0.2, 0) is 9.84 Å². The van der Waals surface area contributed by atoms with Crippen LogP contribution in [0.1, 0.15) is 16.8 Å². The molecule has 116 valence electrons. The van der Waals surface area contributed by atoms with Gasteiger partial charge in [-0.25, -0.2) is 8.42 Å². The number of halogens is 2. The standard InChI is InChI=1S/C13H16Cl2N2O3S/c1-17(8-3-4-16-7-8)13(18)9-5-12(21(2,19)20)11(15)6-10(9)14/h5-6,8,16H,3-4,7H2,1-2H3/t8-/m0/s1. The van der Waals surface area contributed by atoms with E-state index in [0.29, 0.717) is 6.54 Å². The Kier molecular flexibility index (Phi) is 4.82. The van der Waals surface area contributed by atoms with Gasteiger partial charge in [0.1, 0.15) is 0 Å². The number of rotatable bonds is 3. The third kappa shape index (κ3) is 3.51. The molecular formula is C13H16Cl2N2O3S. The first-order valence-electron chi connectivity index (χ1n) is 6.39. The molecule has 1 heterocycles. The summed E-state index contributed by atoms with van der Waals surface area (Å²) in [7, 11) is -1.84. The summed E-state index contributed by atoms with van der Waals surface area (Å²) >= 11 is 12.0. The maximum atomic E-state index is 12.5. The van der Waals surface area contributed by atoms with Crippen LogP contribution in [0.15, 0.2) is 17.0 Å². The first-order chi connectivity index (χ1) is 9.71. The highest BCUT2D eigenvalue weighted by Gasteiger charge is 2.27. The molecular weight excluding hydrogens is 335 g/mol. The molecule has 0 bridgehead atoms. The molecule has 5 nitrogen and oxygen atoms in total. The minimum Gasteiger partial charge on any atom is -0.337 e. The average Bonchev–Trinajstić information content (AvgIpc) is 2.89. The van der Waals surface area contributed by atoms with Crippen molar-refractivity contribution in [3.63, 3.8) is 0 Å². The Balaban J connectivity index is 2.41. The SMILES string of the molecule is CN(C(=O)c1cc(S(C)(=O)=O)c(Cl)cc1Cl)[C@H]1CCNC1. The van der Waals surface area contributed by atoms with Crippen molar-refractivity contribution in [2.45, 2.75) is 17.4 Å². The van der Waals surface area contributed by atoms with E-state index in [-0.39, 0.29) is 32.5 Å². The highest BCUT2D eigenvalue weighted by Crippen LogP contribution is 2.29. The molecule has 1 aliphatic heterocycles. The van der Waals surface area contributed by atoms with E-state index in [1.165, 1.54) is 12.1 Å². The minimum atomic E-state index is -3.52. The predicted octanol–water partition coefficient (Wildman–Crippen LogP) is 1.83. The second-order valence-electron chi connectivity index (χ2n) is 5.10. The molecule has 0 unspecified atom stereocenters. The summed E-state index contributed by atoms with van der Waals surface area (Å²) in [4.78, 5) is 14.0. The predicted molar refractivity (Wildman–Crippen MR) is 82.9 cm³/mol. The summed E-state index contributed by atoms with van der Waals surface area (Å²) in [5, 5.41) is 3.34. The number of benzene rings is 1. The minimum absolute atomic E-state index is 0.0178. The molecule has 0 radical (unpaired) electrons. The molecule has 0 spiro atoms. The van der Waals surface area contributed by atoms with E-state index in [1.807, 2.05) is 0 Å². The molecule has 1 saturated heterocycles. The van der Waals surface area contributed by atoms with Gasteiger partial charge in [0, 0.05) is 25.9 Å². The number of carbonyl (C=O) groups excluding carboxylic acids is 1. The number of sulfone groups is 1. The van der Waals surface area contributed by atoms with Crippen LogP contribution in [0.3, 0.4) is 0 Å². The molecule has 1 aromatic rings. The van der Waals surface area contributed by atoms with Gasteiger partial charge in [-0.1, -0.05) is 23.2 Å². The summed E-state index contributed by atoms with van der Waals surface area (Å²) in [6.07, 6.45) is 1.90. The van der Waals surface area contributed by atoms with Crippen molar-refractivity contribution in [1.29, 1.82) is 0 Å². The van der Waals surface area contributed by atoms with E-state index in [4.69, 9.17) is 23.2 Å². The van der Waals surface area contributed by atoms with Gasteiger partial charge in [-0.15, -0.1) is 0 Å². The van der Waals surface area contributed by atoms with Crippen molar-refractivity contribution >= 4 is 38.9 Å². The Morgan fingerprint density at radius 2 is 2.00 bits per heavy atom. The number of carbonyl (C=O) groups is 1. The van der Waals surface area contributed by atoms with E-state index < -0.39 is 9.84 Å². The Labute approximate surface area is 134 Å². The first-order valence-corrected chi connectivity index (χ1v) is 9.03. The van der Waals surface area contributed by atoms with Gasteiger partial charge in [-0.05, 0) is 25.1 Å². The lowest BCUT2D eigenvalue weighted by Gasteiger charge is -2.24. The Morgan fingerprint density at radius 1 is 1.33 bits per heavy atom. The van der Waals surface area contributed by atoms with Crippen molar-refractivity contribution < 1.29 is 13.2 Å². The fraction of sp³-hybridized carbons (Fsp3) is 0.462. The van der Waals surface area contributed by atoms with Gasteiger partial charge in [0.25, 0.3) is 5.91 Å². The van der Waals surface area contributed by atoms with E-state index in [0.717, 1.165) is 19.2 Å². The van der Waals surface area contributed by atoms with Crippen LogP contribution in [0.4, 0.5) is 0 Å². The summed E-state index contributed by atoms with van der Waals surface area (Å²) in [6.45, 7) is 1.57. The number of likely N-dealkylation sites (N-methyl/N-ethyl adjacent to an activating group) is 1. The van der Waals surface area contributed by atoms with Crippen LogP contribution < -0.4 is 5.32 Å². The third-order valence-electron chi connectivity index (χ3n) is 3.55. The lowest BCUT2D eigenvalue weighted by atomic mass is 10.1. The monoisotopic (exact) mass is 350 g/mol. The van der Waals surface area contributed by atoms with Crippen molar-refractivity contribution in [3.05, 3.63) is 27.7 Å². The van der Waals surface area contributed by atoms with Gasteiger partial charge in [-0.2, -0.15) is 0 Å². The Hall–Kier alpha value is -0.820. The van der Waals surface area contributed by atoms with Gasteiger partial charge in [0.05, 0.1) is 20.5 Å². The zero-order chi connectivity index (χ0) is 15.8. The first kappa shape index (κ1) is 16.5.